The maximum Gasteiger partial charge on any atom is 0.226 e. The van der Waals surface area contributed by atoms with Crippen molar-refractivity contribution in [2.75, 3.05) is 20.3 Å². The lowest BCUT2D eigenvalue weighted by Gasteiger charge is -2.22. The molecule has 5 heteroatoms. The SMILES string of the molecule is COC[C@H]1CCCN1Cc1coc(-c2ccc(O)cc2)n1. The van der Waals surface area contributed by atoms with Gasteiger partial charge in [-0.05, 0) is 43.7 Å². The summed E-state index contributed by atoms with van der Waals surface area (Å²) < 4.78 is 10.8. The molecule has 5 nitrogen and oxygen atoms in total. The van der Waals surface area contributed by atoms with Crippen molar-refractivity contribution in [3.63, 3.8) is 0 Å². The van der Waals surface area contributed by atoms with Crippen molar-refractivity contribution in [2.24, 2.45) is 0 Å². The summed E-state index contributed by atoms with van der Waals surface area (Å²) in [6.45, 7) is 2.63. The molecule has 2 aromatic rings. The summed E-state index contributed by atoms with van der Waals surface area (Å²) in [5.41, 5.74) is 1.80. The van der Waals surface area contributed by atoms with Gasteiger partial charge in [-0.2, -0.15) is 0 Å². The molecule has 0 amide bonds. The standard InChI is InChI=1S/C16H20N2O3/c1-20-11-14-3-2-8-18(14)9-13-10-21-16(17-13)12-4-6-15(19)7-5-12/h4-7,10,14,19H,2-3,8-9,11H2,1H3/t14-/m1/s1. The Bertz CT molecular complexity index is 579. The Morgan fingerprint density at radius 2 is 2.19 bits per heavy atom. The second kappa shape index (κ2) is 6.28. The van der Waals surface area contributed by atoms with Crippen LogP contribution >= 0.6 is 0 Å². The van der Waals surface area contributed by atoms with Crippen molar-refractivity contribution < 1.29 is 14.3 Å². The first-order valence-corrected chi connectivity index (χ1v) is 7.23. The van der Waals surface area contributed by atoms with Crippen LogP contribution in [0.5, 0.6) is 5.75 Å². The Morgan fingerprint density at radius 1 is 1.38 bits per heavy atom. The van der Waals surface area contributed by atoms with Crippen molar-refractivity contribution in [1.82, 2.24) is 9.88 Å². The fourth-order valence-electron chi connectivity index (χ4n) is 2.81. The molecule has 21 heavy (non-hydrogen) atoms. The van der Waals surface area contributed by atoms with Crippen molar-refractivity contribution in [3.05, 3.63) is 36.2 Å². The number of aromatic nitrogens is 1. The van der Waals surface area contributed by atoms with Crippen molar-refractivity contribution in [2.45, 2.75) is 25.4 Å². The molecule has 1 aliphatic rings. The maximum absolute atomic E-state index is 9.31. The minimum Gasteiger partial charge on any atom is -0.508 e. The molecule has 1 aromatic carbocycles. The van der Waals surface area contributed by atoms with E-state index in [1.807, 2.05) is 0 Å². The lowest BCUT2D eigenvalue weighted by atomic mass is 10.2. The number of methoxy groups -OCH3 is 1. The largest absolute Gasteiger partial charge is 0.508 e. The number of benzene rings is 1. The molecule has 0 bridgehead atoms. The van der Waals surface area contributed by atoms with Crippen LogP contribution in [-0.4, -0.2) is 41.3 Å². The average Bonchev–Trinajstić information content (AvgIpc) is 3.11. The van der Waals surface area contributed by atoms with Crippen LogP contribution < -0.4 is 0 Å². The molecule has 1 fully saturated rings. The molecule has 1 N–H and O–H groups in total. The minimum absolute atomic E-state index is 0.241. The van der Waals surface area contributed by atoms with Crippen molar-refractivity contribution >= 4 is 0 Å². The Labute approximate surface area is 124 Å². The zero-order valence-corrected chi connectivity index (χ0v) is 12.2. The highest BCUT2D eigenvalue weighted by Gasteiger charge is 2.25. The van der Waals surface area contributed by atoms with Gasteiger partial charge < -0.3 is 14.3 Å². The molecular weight excluding hydrogens is 268 g/mol. The van der Waals surface area contributed by atoms with Crippen LogP contribution in [0.2, 0.25) is 0 Å². The van der Waals surface area contributed by atoms with E-state index in [1.54, 1.807) is 37.6 Å². The quantitative estimate of drug-likeness (QED) is 0.916. The molecule has 1 aromatic heterocycles. The number of phenolic OH excluding ortho intramolecular Hbond substituents is 1. The van der Waals surface area contributed by atoms with Gasteiger partial charge in [0.25, 0.3) is 0 Å². The van der Waals surface area contributed by atoms with E-state index < -0.39 is 0 Å². The normalized spacial score (nSPS) is 19.2. The summed E-state index contributed by atoms with van der Waals surface area (Å²) in [5, 5.41) is 9.31. The zero-order chi connectivity index (χ0) is 14.7. The summed E-state index contributed by atoms with van der Waals surface area (Å²) in [6, 6.07) is 7.34. The van der Waals surface area contributed by atoms with E-state index in [-0.39, 0.29) is 5.75 Å². The van der Waals surface area contributed by atoms with Gasteiger partial charge >= 0.3 is 0 Å². The molecule has 1 saturated heterocycles. The molecule has 2 heterocycles. The van der Waals surface area contributed by atoms with Crippen LogP contribution in [0.15, 0.2) is 34.9 Å². The van der Waals surface area contributed by atoms with Crippen molar-refractivity contribution in [3.8, 4) is 17.2 Å². The van der Waals surface area contributed by atoms with E-state index in [0.29, 0.717) is 11.9 Å². The van der Waals surface area contributed by atoms with Gasteiger partial charge in [0.2, 0.25) is 5.89 Å². The van der Waals surface area contributed by atoms with Crippen LogP contribution in [0, 0.1) is 0 Å². The first kappa shape index (κ1) is 14.1. The van der Waals surface area contributed by atoms with E-state index in [9.17, 15) is 5.11 Å². The number of rotatable bonds is 5. The Hall–Kier alpha value is -1.85. The molecule has 0 unspecified atom stereocenters. The number of phenols is 1. The predicted molar refractivity (Wildman–Crippen MR) is 78.9 cm³/mol. The second-order valence-electron chi connectivity index (χ2n) is 5.41. The molecule has 0 aliphatic carbocycles. The molecule has 0 spiro atoms. The second-order valence-corrected chi connectivity index (χ2v) is 5.41. The predicted octanol–water partition coefficient (Wildman–Crippen LogP) is 2.66. The van der Waals surface area contributed by atoms with E-state index in [1.165, 1.54) is 12.8 Å². The van der Waals surface area contributed by atoms with Gasteiger partial charge in [0.15, 0.2) is 0 Å². The van der Waals surface area contributed by atoms with Crippen LogP contribution in [-0.2, 0) is 11.3 Å². The number of oxazole rings is 1. The monoisotopic (exact) mass is 288 g/mol. The fraction of sp³-hybridized carbons (Fsp3) is 0.438. The Balaban J connectivity index is 1.69. The summed E-state index contributed by atoms with van der Waals surface area (Å²) in [5.74, 6) is 0.831. The number of hydrogen-bond donors (Lipinski definition) is 1. The van der Waals surface area contributed by atoms with Crippen LogP contribution in [0.4, 0.5) is 0 Å². The zero-order valence-electron chi connectivity index (χ0n) is 12.2. The molecule has 0 radical (unpaired) electrons. The highest BCUT2D eigenvalue weighted by atomic mass is 16.5. The molecular formula is C16H20N2O3. The number of hydrogen-bond acceptors (Lipinski definition) is 5. The topological polar surface area (TPSA) is 58.7 Å². The number of nitrogens with zero attached hydrogens (tertiary/aromatic N) is 2. The molecule has 112 valence electrons. The van der Waals surface area contributed by atoms with E-state index in [4.69, 9.17) is 9.15 Å². The maximum atomic E-state index is 9.31. The van der Waals surface area contributed by atoms with E-state index in [2.05, 4.69) is 9.88 Å². The third-order valence-electron chi connectivity index (χ3n) is 3.89. The number of aromatic hydroxyl groups is 1. The fourth-order valence-corrected chi connectivity index (χ4v) is 2.81. The first-order valence-electron chi connectivity index (χ1n) is 7.23. The summed E-state index contributed by atoms with van der Waals surface area (Å²) in [6.07, 6.45) is 4.09. The Morgan fingerprint density at radius 3 is 2.95 bits per heavy atom. The highest BCUT2D eigenvalue weighted by molar-refractivity contribution is 5.54. The van der Waals surface area contributed by atoms with Gasteiger partial charge in [0, 0.05) is 25.3 Å². The Kier molecular flexibility index (Phi) is 4.22. The number of likely N-dealkylation sites (tertiary alicyclic amines) is 1. The lowest BCUT2D eigenvalue weighted by molar-refractivity contribution is 0.111. The first-order chi connectivity index (χ1) is 10.3. The summed E-state index contributed by atoms with van der Waals surface area (Å²) >= 11 is 0. The highest BCUT2D eigenvalue weighted by Crippen LogP contribution is 2.24. The van der Waals surface area contributed by atoms with Crippen molar-refractivity contribution in [1.29, 1.82) is 0 Å². The molecule has 1 atom stereocenters. The van der Waals surface area contributed by atoms with Crippen LogP contribution in [0.1, 0.15) is 18.5 Å². The minimum atomic E-state index is 0.241. The smallest absolute Gasteiger partial charge is 0.226 e. The average molecular weight is 288 g/mol. The summed E-state index contributed by atoms with van der Waals surface area (Å²) in [4.78, 5) is 6.93. The van der Waals surface area contributed by atoms with Gasteiger partial charge in [0.1, 0.15) is 12.0 Å². The van der Waals surface area contributed by atoms with E-state index in [0.717, 1.165) is 31.0 Å². The third-order valence-corrected chi connectivity index (χ3v) is 3.89. The van der Waals surface area contributed by atoms with Crippen LogP contribution in [0.3, 0.4) is 0 Å². The lowest BCUT2D eigenvalue weighted by Crippen LogP contribution is -2.32. The van der Waals surface area contributed by atoms with Crippen LogP contribution in [0.25, 0.3) is 11.5 Å². The third kappa shape index (κ3) is 3.25. The number of ether oxygens (including phenoxy) is 1. The van der Waals surface area contributed by atoms with Gasteiger partial charge in [-0.25, -0.2) is 4.98 Å². The van der Waals surface area contributed by atoms with E-state index >= 15 is 0 Å². The summed E-state index contributed by atoms with van der Waals surface area (Å²) in [7, 11) is 1.75. The molecule has 3 rings (SSSR count). The van der Waals surface area contributed by atoms with Gasteiger partial charge in [-0.1, -0.05) is 0 Å². The van der Waals surface area contributed by atoms with Gasteiger partial charge in [0.05, 0.1) is 12.3 Å². The molecule has 0 saturated carbocycles. The molecule has 1 aliphatic heterocycles. The van der Waals surface area contributed by atoms with Gasteiger partial charge in [-0.15, -0.1) is 0 Å². The van der Waals surface area contributed by atoms with Gasteiger partial charge in [-0.3, -0.25) is 4.90 Å².